The number of nitro benzene ring substituents is 1. The summed E-state index contributed by atoms with van der Waals surface area (Å²) in [5, 5.41) is 13.3. The molecule has 0 aliphatic rings. The van der Waals surface area contributed by atoms with Crippen molar-refractivity contribution in [3.8, 4) is 22.8 Å². The number of non-ortho nitro benzene ring substituents is 1. The zero-order valence-corrected chi connectivity index (χ0v) is 20.0. The molecule has 4 rings (SSSR count). The second-order valence-electron chi connectivity index (χ2n) is 7.60. The fourth-order valence-corrected chi connectivity index (χ4v) is 4.39. The van der Waals surface area contributed by atoms with Crippen LogP contribution in [0.4, 0.5) is 16.5 Å². The molecule has 8 nitrogen and oxygen atoms in total. The molecule has 0 bridgehead atoms. The Morgan fingerprint density at radius 1 is 1.00 bits per heavy atom. The Morgan fingerprint density at radius 2 is 1.71 bits per heavy atom. The van der Waals surface area contributed by atoms with Crippen molar-refractivity contribution >= 4 is 33.8 Å². The maximum absolute atomic E-state index is 13.5. The summed E-state index contributed by atoms with van der Waals surface area (Å²) < 4.78 is 10.6. The van der Waals surface area contributed by atoms with Gasteiger partial charge in [0.25, 0.3) is 5.69 Å². The van der Waals surface area contributed by atoms with Crippen LogP contribution < -0.4 is 14.4 Å². The number of nitrogens with zero attached hydrogens (tertiary/aromatic N) is 3. The highest BCUT2D eigenvalue weighted by atomic mass is 32.1. The summed E-state index contributed by atoms with van der Waals surface area (Å²) in [4.78, 5) is 30.2. The average molecular weight is 490 g/mol. The summed E-state index contributed by atoms with van der Waals surface area (Å²) in [6, 6.07) is 21.1. The molecule has 35 heavy (non-hydrogen) atoms. The smallest absolute Gasteiger partial charge is 0.269 e. The first kappa shape index (κ1) is 23.9. The Kier molecular flexibility index (Phi) is 7.37. The van der Waals surface area contributed by atoms with E-state index in [1.165, 1.54) is 23.5 Å². The van der Waals surface area contributed by atoms with Crippen LogP contribution in [-0.4, -0.2) is 30.0 Å². The Labute approximate surface area is 206 Å². The van der Waals surface area contributed by atoms with Gasteiger partial charge in [-0.25, -0.2) is 4.98 Å². The van der Waals surface area contributed by atoms with Gasteiger partial charge in [-0.05, 0) is 48.4 Å². The van der Waals surface area contributed by atoms with Crippen molar-refractivity contribution in [2.45, 2.75) is 12.8 Å². The van der Waals surface area contributed by atoms with E-state index in [4.69, 9.17) is 9.47 Å². The number of aromatic nitrogens is 1. The Morgan fingerprint density at radius 3 is 2.37 bits per heavy atom. The van der Waals surface area contributed by atoms with Gasteiger partial charge in [0, 0.05) is 35.6 Å². The number of aryl methyl sites for hydroxylation is 1. The Bertz CT molecular complexity index is 1320. The van der Waals surface area contributed by atoms with Gasteiger partial charge in [0.2, 0.25) is 5.91 Å². The van der Waals surface area contributed by atoms with E-state index in [0.29, 0.717) is 28.7 Å². The molecule has 3 aromatic carbocycles. The molecule has 9 heteroatoms. The van der Waals surface area contributed by atoms with Crippen molar-refractivity contribution in [1.29, 1.82) is 0 Å². The monoisotopic (exact) mass is 489 g/mol. The maximum Gasteiger partial charge on any atom is 0.269 e. The van der Waals surface area contributed by atoms with E-state index in [0.717, 1.165) is 16.9 Å². The molecule has 1 heterocycles. The van der Waals surface area contributed by atoms with Crippen LogP contribution in [0.2, 0.25) is 0 Å². The lowest BCUT2D eigenvalue weighted by atomic mass is 10.1. The number of ether oxygens (including phenoxy) is 2. The van der Waals surface area contributed by atoms with E-state index < -0.39 is 4.92 Å². The fraction of sp³-hybridized carbons (Fsp3) is 0.154. The highest BCUT2D eigenvalue weighted by Crippen LogP contribution is 2.34. The zero-order valence-electron chi connectivity index (χ0n) is 19.2. The minimum Gasteiger partial charge on any atom is -0.497 e. The van der Waals surface area contributed by atoms with Crippen LogP contribution in [0.15, 0.2) is 78.2 Å². The van der Waals surface area contributed by atoms with Gasteiger partial charge in [0.1, 0.15) is 11.5 Å². The summed E-state index contributed by atoms with van der Waals surface area (Å²) in [6.07, 6.45) is 0.833. The summed E-state index contributed by atoms with van der Waals surface area (Å²) >= 11 is 1.33. The van der Waals surface area contributed by atoms with Gasteiger partial charge in [-0.3, -0.25) is 19.8 Å². The first-order chi connectivity index (χ1) is 17.0. The van der Waals surface area contributed by atoms with Crippen LogP contribution in [0.3, 0.4) is 0 Å². The molecule has 0 aliphatic heterocycles. The number of benzene rings is 3. The van der Waals surface area contributed by atoms with Gasteiger partial charge in [-0.2, -0.15) is 0 Å². The van der Waals surface area contributed by atoms with Crippen molar-refractivity contribution in [2.75, 3.05) is 19.1 Å². The van der Waals surface area contributed by atoms with Crippen molar-refractivity contribution in [3.63, 3.8) is 0 Å². The van der Waals surface area contributed by atoms with Crippen LogP contribution in [-0.2, 0) is 11.2 Å². The van der Waals surface area contributed by atoms with Crippen molar-refractivity contribution in [2.24, 2.45) is 0 Å². The first-order valence-electron chi connectivity index (χ1n) is 10.8. The van der Waals surface area contributed by atoms with E-state index >= 15 is 0 Å². The standard InChI is InChI=1S/C26H23N3O5S/c1-33-22-13-6-18(7-14-22)8-15-25(30)28(21-4-3-5-23(16-21)34-2)26-27-24(17-35-26)19-9-11-20(12-10-19)29(31)32/h3-7,9-14,16-17H,8,15H2,1-2H3. The molecule has 0 spiro atoms. The second-order valence-corrected chi connectivity index (χ2v) is 8.43. The molecule has 0 N–H and O–H groups in total. The molecule has 0 atom stereocenters. The molecule has 0 aliphatic carbocycles. The van der Waals surface area contributed by atoms with Crippen LogP contribution in [0.1, 0.15) is 12.0 Å². The third kappa shape index (κ3) is 5.64. The number of carbonyl (C=O) groups is 1. The molecular formula is C26H23N3O5S. The van der Waals surface area contributed by atoms with E-state index in [-0.39, 0.29) is 18.0 Å². The number of rotatable bonds is 9. The summed E-state index contributed by atoms with van der Waals surface area (Å²) in [5.74, 6) is 1.28. The van der Waals surface area contributed by atoms with Gasteiger partial charge < -0.3 is 9.47 Å². The molecule has 4 aromatic rings. The summed E-state index contributed by atoms with van der Waals surface area (Å²) in [6.45, 7) is 0. The molecule has 0 radical (unpaired) electrons. The number of hydrogen-bond acceptors (Lipinski definition) is 7. The number of nitro groups is 1. The van der Waals surface area contributed by atoms with Crippen molar-refractivity contribution < 1.29 is 19.2 Å². The SMILES string of the molecule is COc1ccc(CCC(=O)N(c2cccc(OC)c2)c2nc(-c3ccc([N+](=O)[O-])cc3)cs2)cc1. The molecule has 1 aromatic heterocycles. The lowest BCUT2D eigenvalue weighted by molar-refractivity contribution is -0.384. The minimum atomic E-state index is -0.442. The number of amides is 1. The Hall–Kier alpha value is -4.24. The number of carbonyl (C=O) groups excluding carboxylic acids is 1. The molecule has 0 fully saturated rings. The predicted molar refractivity (Wildman–Crippen MR) is 136 cm³/mol. The average Bonchev–Trinajstić information content (AvgIpc) is 3.37. The molecule has 0 unspecified atom stereocenters. The van der Waals surface area contributed by atoms with Crippen LogP contribution in [0.5, 0.6) is 11.5 Å². The zero-order chi connectivity index (χ0) is 24.8. The lowest BCUT2D eigenvalue weighted by Gasteiger charge is -2.21. The number of thiazole rings is 1. The third-order valence-corrected chi connectivity index (χ3v) is 6.23. The van der Waals surface area contributed by atoms with Crippen molar-refractivity contribution in [1.82, 2.24) is 4.98 Å². The highest BCUT2D eigenvalue weighted by Gasteiger charge is 2.22. The normalized spacial score (nSPS) is 10.6. The van der Waals surface area contributed by atoms with Crippen LogP contribution in [0.25, 0.3) is 11.3 Å². The molecule has 0 saturated carbocycles. The summed E-state index contributed by atoms with van der Waals surface area (Å²) in [5.41, 5.74) is 3.05. The van der Waals surface area contributed by atoms with Crippen LogP contribution in [0, 0.1) is 10.1 Å². The van der Waals surface area contributed by atoms with Gasteiger partial charge in [-0.1, -0.05) is 18.2 Å². The highest BCUT2D eigenvalue weighted by molar-refractivity contribution is 7.14. The second kappa shape index (κ2) is 10.8. The van der Waals surface area contributed by atoms with E-state index in [1.54, 1.807) is 37.3 Å². The van der Waals surface area contributed by atoms with Gasteiger partial charge in [0.05, 0.1) is 30.5 Å². The number of methoxy groups -OCH3 is 2. The largest absolute Gasteiger partial charge is 0.497 e. The first-order valence-corrected chi connectivity index (χ1v) is 11.7. The van der Waals surface area contributed by atoms with E-state index in [9.17, 15) is 14.9 Å². The van der Waals surface area contributed by atoms with Gasteiger partial charge in [-0.15, -0.1) is 11.3 Å². The molecule has 0 saturated heterocycles. The number of hydrogen-bond donors (Lipinski definition) is 0. The fourth-order valence-electron chi connectivity index (χ4n) is 3.52. The van der Waals surface area contributed by atoms with Gasteiger partial charge >= 0.3 is 0 Å². The topological polar surface area (TPSA) is 94.8 Å². The quantitative estimate of drug-likeness (QED) is 0.210. The lowest BCUT2D eigenvalue weighted by Crippen LogP contribution is -2.26. The summed E-state index contributed by atoms with van der Waals surface area (Å²) in [7, 11) is 3.19. The molecular weight excluding hydrogens is 466 g/mol. The van der Waals surface area contributed by atoms with Gasteiger partial charge in [0.15, 0.2) is 5.13 Å². The number of anilines is 2. The van der Waals surface area contributed by atoms with E-state index in [2.05, 4.69) is 4.98 Å². The molecule has 178 valence electrons. The van der Waals surface area contributed by atoms with Crippen molar-refractivity contribution in [3.05, 3.63) is 93.9 Å². The minimum absolute atomic E-state index is 0.0101. The predicted octanol–water partition coefficient (Wildman–Crippen LogP) is 6.03. The Balaban J connectivity index is 1.61. The maximum atomic E-state index is 13.5. The van der Waals surface area contributed by atoms with E-state index in [1.807, 2.05) is 47.8 Å². The molecule has 1 amide bonds. The van der Waals surface area contributed by atoms with Crippen LogP contribution >= 0.6 is 11.3 Å². The third-order valence-electron chi connectivity index (χ3n) is 5.40.